The molecule has 0 aliphatic heterocycles. The molecule has 0 aliphatic carbocycles. The molecular weight excluding hydrogens is 1230 g/mol. The number of hydrogen-bond acceptors (Lipinski definition) is 15. The Labute approximate surface area is 547 Å². The van der Waals surface area contributed by atoms with Gasteiger partial charge in [0.1, 0.15) is 54.4 Å². The number of rotatable bonds is 36. The number of para-hydroxylation sites is 1. The first-order chi connectivity index (χ1) is 44.5. The molecule has 10 amide bonds. The van der Waals surface area contributed by atoms with E-state index >= 15 is 0 Å². The number of hydrogen-bond donors (Lipinski definition) is 18. The van der Waals surface area contributed by atoms with Crippen molar-refractivity contribution in [2.75, 3.05) is 24.6 Å². The van der Waals surface area contributed by atoms with E-state index in [4.69, 9.17) is 28.7 Å². The monoisotopic (exact) mass is 1320 g/mol. The molecule has 0 bridgehead atoms. The summed E-state index contributed by atoms with van der Waals surface area (Å²) in [5, 5.41) is 26.6. The summed E-state index contributed by atoms with van der Waals surface area (Å²) in [4.78, 5) is 157. The number of carbonyl (C=O) groups excluding carboxylic acids is 10. The van der Waals surface area contributed by atoms with Crippen LogP contribution in [0.25, 0.3) is 21.7 Å². The van der Waals surface area contributed by atoms with Gasteiger partial charge in [0.15, 0.2) is 11.9 Å². The fourth-order valence-corrected chi connectivity index (χ4v) is 10.5. The Morgan fingerprint density at radius 1 is 0.484 bits per heavy atom. The van der Waals surface area contributed by atoms with Crippen LogP contribution >= 0.6 is 25.3 Å². The van der Waals surface area contributed by atoms with Crippen molar-refractivity contribution in [2.45, 2.75) is 120 Å². The van der Waals surface area contributed by atoms with Crippen molar-refractivity contribution in [3.8, 4) is 0 Å². The maximum absolute atomic E-state index is 14.8. The van der Waals surface area contributed by atoms with Gasteiger partial charge in [0.2, 0.25) is 59.1 Å². The number of aromatic amines is 2. The summed E-state index contributed by atoms with van der Waals surface area (Å²) in [7, 11) is 0. The number of fused-ring (bicyclic) bond motifs is 2. The van der Waals surface area contributed by atoms with E-state index in [1.54, 1.807) is 42.6 Å². The lowest BCUT2D eigenvalue weighted by atomic mass is 10.0. The van der Waals surface area contributed by atoms with Gasteiger partial charge < -0.3 is 86.5 Å². The van der Waals surface area contributed by atoms with Crippen molar-refractivity contribution >= 4 is 118 Å². The number of aromatic nitrogens is 3. The standard InChI is InChI=1S/C62H81N19O10S2/c1-34(73-60(91)51(32-93)81-55(86)45(19-11-23-70-62(66)67)75-56(87)46(74-35(2)82)26-37-20-21-38-14-6-7-15-39(38)24-37)53(84)77-49(28-41-30-68-33-72-41)59(90)78-47(25-36-12-4-3-5-13-36)57(88)76-44(18-10-22-69-61(64)65)54(85)79-48(58(89)80-50(31-92)52(63)83)27-40-29-71-43-17-9-8-16-42(40)43/h3-9,12-17,20-21,24,29-30,33-34,44-51,71,92-93H,10-11,18-19,22-23,25-28,31-32H2,1-2H3,(H2,63,83)(H,68,72)(H,73,91)(H,74,82)(H,75,87)(H,76,88)(H,77,84)(H,78,90)(H,79,85)(H,80,89)(H,81,86)(H4,64,65,69)(H4,66,67,70)/t34-,44+,45+,46+,47-,48+,49+,50+,51+/m1/s1. The Kier molecular flexibility index (Phi) is 27.8. The first kappa shape index (κ1) is 71.9. The number of benzene rings is 4. The van der Waals surface area contributed by atoms with Crippen LogP contribution in [0.1, 0.15) is 61.9 Å². The molecule has 4 aromatic carbocycles. The largest absolute Gasteiger partial charge is 0.370 e. The molecule has 0 unspecified atom stereocenters. The van der Waals surface area contributed by atoms with Crippen LogP contribution in [0.4, 0.5) is 0 Å². The molecule has 0 radical (unpaired) electrons. The topological polar surface area (TPSA) is 478 Å². The average Bonchev–Trinajstić information content (AvgIpc) is 1.88. The molecule has 0 saturated carbocycles. The van der Waals surface area contributed by atoms with E-state index in [-0.39, 0.29) is 87.9 Å². The number of primary amides is 1. The minimum atomic E-state index is -1.46. The Bertz CT molecular complexity index is 3620. The molecule has 9 atom stereocenters. The molecule has 2 aromatic heterocycles. The number of thiol groups is 2. The minimum absolute atomic E-state index is 0.0208. The maximum Gasteiger partial charge on any atom is 0.244 e. The number of nitrogens with zero attached hydrogens (tertiary/aromatic N) is 3. The Morgan fingerprint density at radius 2 is 0.957 bits per heavy atom. The molecule has 0 aliphatic rings. The van der Waals surface area contributed by atoms with Crippen LogP contribution in [0.5, 0.6) is 0 Å². The lowest BCUT2D eigenvalue weighted by Gasteiger charge is -2.27. The zero-order chi connectivity index (χ0) is 67.6. The Balaban J connectivity index is 1.19. The molecule has 6 rings (SSSR count). The predicted molar refractivity (Wildman–Crippen MR) is 358 cm³/mol. The van der Waals surface area contributed by atoms with Crippen molar-refractivity contribution in [1.29, 1.82) is 0 Å². The third-order valence-corrected chi connectivity index (χ3v) is 15.5. The highest BCUT2D eigenvalue weighted by atomic mass is 32.1. The number of nitrogens with two attached hydrogens (primary N) is 5. The van der Waals surface area contributed by atoms with Gasteiger partial charge in [-0.1, -0.05) is 91.0 Å². The van der Waals surface area contributed by atoms with Crippen LogP contribution in [0, 0.1) is 0 Å². The third-order valence-electron chi connectivity index (χ3n) is 14.8. The van der Waals surface area contributed by atoms with E-state index in [2.05, 4.69) is 98.0 Å². The molecule has 29 nitrogen and oxygen atoms in total. The van der Waals surface area contributed by atoms with E-state index in [1.807, 2.05) is 60.7 Å². The molecule has 21 N–H and O–H groups in total. The molecule has 31 heteroatoms. The van der Waals surface area contributed by atoms with E-state index in [9.17, 15) is 47.9 Å². The minimum Gasteiger partial charge on any atom is -0.370 e. The average molecular weight is 1320 g/mol. The first-order valence-electron chi connectivity index (χ1n) is 29.9. The van der Waals surface area contributed by atoms with Crippen LogP contribution < -0.4 is 76.5 Å². The highest BCUT2D eigenvalue weighted by Crippen LogP contribution is 2.21. The van der Waals surface area contributed by atoms with Gasteiger partial charge >= 0.3 is 0 Å². The van der Waals surface area contributed by atoms with Gasteiger partial charge in [0.25, 0.3) is 0 Å². The second-order valence-electron chi connectivity index (χ2n) is 22.0. The molecule has 496 valence electrons. The predicted octanol–water partition coefficient (Wildman–Crippen LogP) is -1.83. The second kappa shape index (κ2) is 36.0. The summed E-state index contributed by atoms with van der Waals surface area (Å²) < 4.78 is 0. The smallest absolute Gasteiger partial charge is 0.244 e. The van der Waals surface area contributed by atoms with Crippen molar-refractivity contribution in [1.82, 2.24) is 62.8 Å². The highest BCUT2D eigenvalue weighted by Gasteiger charge is 2.35. The van der Waals surface area contributed by atoms with Gasteiger partial charge in [-0.15, -0.1) is 0 Å². The first-order valence-corrected chi connectivity index (χ1v) is 31.1. The quantitative estimate of drug-likeness (QED) is 0.00891. The number of guanidine groups is 2. The number of imidazole rings is 1. The van der Waals surface area contributed by atoms with Gasteiger partial charge in [-0.25, -0.2) is 4.98 Å². The molecule has 0 saturated heterocycles. The van der Waals surface area contributed by atoms with Gasteiger partial charge in [-0.3, -0.25) is 57.9 Å². The number of nitrogens with one attached hydrogen (secondary N) is 11. The van der Waals surface area contributed by atoms with Gasteiger partial charge in [-0.05, 0) is 66.1 Å². The fraction of sp³-hybridized carbons (Fsp3) is 0.371. The Morgan fingerprint density at radius 3 is 1.52 bits per heavy atom. The lowest BCUT2D eigenvalue weighted by Crippen LogP contribution is -2.61. The summed E-state index contributed by atoms with van der Waals surface area (Å²) in [6.07, 6.45) is 4.30. The molecular formula is C62H81N19O10S2. The van der Waals surface area contributed by atoms with Crippen molar-refractivity contribution in [2.24, 2.45) is 38.7 Å². The summed E-state index contributed by atoms with van der Waals surface area (Å²) in [5.74, 6) is -8.82. The van der Waals surface area contributed by atoms with Gasteiger partial charge in [0.05, 0.1) is 6.33 Å². The summed E-state index contributed by atoms with van der Waals surface area (Å²) in [5.41, 5.74) is 30.9. The van der Waals surface area contributed by atoms with Gasteiger partial charge in [0, 0.05) is 86.2 Å². The highest BCUT2D eigenvalue weighted by molar-refractivity contribution is 7.80. The molecule has 0 fully saturated rings. The zero-order valence-corrected chi connectivity index (χ0v) is 53.1. The van der Waals surface area contributed by atoms with Crippen molar-refractivity contribution < 1.29 is 47.9 Å². The van der Waals surface area contributed by atoms with Crippen LogP contribution in [-0.4, -0.2) is 165 Å². The van der Waals surface area contributed by atoms with Crippen LogP contribution in [0.3, 0.4) is 0 Å². The SMILES string of the molecule is CC(=O)N[C@@H](Cc1ccc2ccccc2c1)C(=O)N[C@@H](CCCN=C(N)N)C(=O)N[C@@H](CS)C(=O)N[C@H](C)C(=O)N[C@@H](Cc1cnc[nH]1)C(=O)N[C@H](Cc1ccccc1)C(=O)N[C@@H](CCCN=C(N)N)C(=O)N[C@@H](Cc1c[nH]c2ccccc12)C(=O)N[C@@H](CS)C(N)=O. The van der Waals surface area contributed by atoms with E-state index in [0.29, 0.717) is 16.8 Å². The van der Waals surface area contributed by atoms with Gasteiger partial charge in [-0.2, -0.15) is 25.3 Å². The third kappa shape index (κ3) is 22.9. The summed E-state index contributed by atoms with van der Waals surface area (Å²) >= 11 is 8.49. The molecule has 0 spiro atoms. The molecule has 6 aromatic rings. The lowest BCUT2D eigenvalue weighted by molar-refractivity contribution is -0.135. The van der Waals surface area contributed by atoms with Crippen LogP contribution in [0.2, 0.25) is 0 Å². The maximum atomic E-state index is 14.8. The second-order valence-corrected chi connectivity index (χ2v) is 22.7. The number of amides is 10. The van der Waals surface area contributed by atoms with Crippen LogP contribution in [0.15, 0.2) is 126 Å². The van der Waals surface area contributed by atoms with Crippen LogP contribution in [-0.2, 0) is 73.6 Å². The van der Waals surface area contributed by atoms with E-state index in [1.165, 1.54) is 26.4 Å². The Hall–Kier alpha value is -10.2. The molecule has 2 heterocycles. The number of carbonyl (C=O) groups is 10. The van der Waals surface area contributed by atoms with E-state index < -0.39 is 113 Å². The van der Waals surface area contributed by atoms with E-state index in [0.717, 1.165) is 27.2 Å². The number of aliphatic imine (C=N–C) groups is 2. The van der Waals surface area contributed by atoms with Crippen molar-refractivity contribution in [3.63, 3.8) is 0 Å². The zero-order valence-electron chi connectivity index (χ0n) is 51.4. The fourth-order valence-electron chi connectivity index (χ4n) is 9.93. The van der Waals surface area contributed by atoms with Crippen molar-refractivity contribution in [3.05, 3.63) is 138 Å². The summed E-state index contributed by atoms with van der Waals surface area (Å²) in [6.45, 7) is 2.70. The summed E-state index contributed by atoms with van der Waals surface area (Å²) in [6, 6.07) is 17.1. The normalized spacial score (nSPS) is 13.9. The molecule has 93 heavy (non-hydrogen) atoms. The number of H-pyrrole nitrogens is 2.